The number of methoxy groups -OCH3 is 1. The number of aromatic nitrogens is 1. The molecule has 0 fully saturated rings. The van der Waals surface area contributed by atoms with Crippen LogP contribution >= 0.6 is 11.3 Å². The largest absolute Gasteiger partial charge is 0.464 e. The van der Waals surface area contributed by atoms with Crippen LogP contribution in [0.25, 0.3) is 0 Å². The molecule has 0 radical (unpaired) electrons. The average molecular weight is 326 g/mol. The lowest BCUT2D eigenvalue weighted by Crippen LogP contribution is -2.16. The SMILES string of the molecule is COC(=O)c1ncsc1S(=O)(=O)Nc1cc(C)cc(C)c1. The third-order valence-corrected chi connectivity index (χ3v) is 5.38. The summed E-state index contributed by atoms with van der Waals surface area (Å²) in [4.78, 5) is 15.3. The first-order chi connectivity index (χ1) is 9.83. The minimum absolute atomic E-state index is 0.159. The number of benzene rings is 1. The summed E-state index contributed by atoms with van der Waals surface area (Å²) in [6, 6.07) is 5.36. The molecule has 2 aromatic rings. The van der Waals surface area contributed by atoms with E-state index in [2.05, 4.69) is 14.4 Å². The normalized spacial score (nSPS) is 11.2. The van der Waals surface area contributed by atoms with Crippen molar-refractivity contribution in [1.82, 2.24) is 4.98 Å². The van der Waals surface area contributed by atoms with E-state index < -0.39 is 16.0 Å². The number of carbonyl (C=O) groups excluding carboxylic acids is 1. The van der Waals surface area contributed by atoms with Crippen LogP contribution in [0.2, 0.25) is 0 Å². The molecule has 0 bridgehead atoms. The monoisotopic (exact) mass is 326 g/mol. The smallest absolute Gasteiger partial charge is 0.358 e. The topological polar surface area (TPSA) is 85.4 Å². The maximum Gasteiger partial charge on any atom is 0.358 e. The zero-order valence-electron chi connectivity index (χ0n) is 11.7. The number of sulfonamides is 1. The summed E-state index contributed by atoms with van der Waals surface area (Å²) < 4.78 is 31.6. The van der Waals surface area contributed by atoms with Gasteiger partial charge in [0, 0.05) is 5.69 Å². The fourth-order valence-corrected chi connectivity index (χ4v) is 4.07. The molecule has 0 aliphatic rings. The Morgan fingerprint density at radius 3 is 2.43 bits per heavy atom. The summed E-state index contributed by atoms with van der Waals surface area (Å²) in [7, 11) is -2.71. The molecule has 0 amide bonds. The maximum atomic E-state index is 12.4. The molecule has 0 unspecified atom stereocenters. The lowest BCUT2D eigenvalue weighted by molar-refractivity contribution is 0.0590. The molecule has 21 heavy (non-hydrogen) atoms. The molecule has 6 nitrogen and oxygen atoms in total. The van der Waals surface area contributed by atoms with Crippen molar-refractivity contribution in [3.8, 4) is 0 Å². The van der Waals surface area contributed by atoms with Gasteiger partial charge >= 0.3 is 5.97 Å². The van der Waals surface area contributed by atoms with Crippen LogP contribution in [0.1, 0.15) is 21.6 Å². The number of esters is 1. The van der Waals surface area contributed by atoms with E-state index in [1.54, 1.807) is 12.1 Å². The van der Waals surface area contributed by atoms with Crippen LogP contribution in [0.3, 0.4) is 0 Å². The quantitative estimate of drug-likeness (QED) is 0.872. The number of nitrogens with zero attached hydrogens (tertiary/aromatic N) is 1. The molecule has 1 N–H and O–H groups in total. The number of hydrogen-bond acceptors (Lipinski definition) is 6. The van der Waals surface area contributed by atoms with Crippen LogP contribution in [0, 0.1) is 13.8 Å². The highest BCUT2D eigenvalue weighted by atomic mass is 32.2. The highest BCUT2D eigenvalue weighted by Crippen LogP contribution is 2.24. The van der Waals surface area contributed by atoms with Gasteiger partial charge in [-0.25, -0.2) is 18.2 Å². The molecule has 0 saturated heterocycles. The van der Waals surface area contributed by atoms with E-state index >= 15 is 0 Å². The number of thiazole rings is 1. The first-order valence-corrected chi connectivity index (χ1v) is 8.32. The first kappa shape index (κ1) is 15.5. The fraction of sp³-hybridized carbons (Fsp3) is 0.231. The zero-order chi connectivity index (χ0) is 15.6. The summed E-state index contributed by atoms with van der Waals surface area (Å²) in [5.41, 5.74) is 3.40. The lowest BCUT2D eigenvalue weighted by Gasteiger charge is -2.09. The van der Waals surface area contributed by atoms with Crippen molar-refractivity contribution in [2.45, 2.75) is 18.1 Å². The molecule has 112 valence electrons. The van der Waals surface area contributed by atoms with E-state index in [1.807, 2.05) is 19.9 Å². The number of nitrogens with one attached hydrogen (secondary N) is 1. The molecule has 0 spiro atoms. The van der Waals surface area contributed by atoms with Gasteiger partial charge in [-0.3, -0.25) is 4.72 Å². The molecule has 0 aliphatic carbocycles. The zero-order valence-corrected chi connectivity index (χ0v) is 13.3. The predicted molar refractivity (Wildman–Crippen MR) is 80.2 cm³/mol. The van der Waals surface area contributed by atoms with Gasteiger partial charge in [0.1, 0.15) is 0 Å². The van der Waals surface area contributed by atoms with Gasteiger partial charge in [-0.2, -0.15) is 0 Å². The number of hydrogen-bond donors (Lipinski definition) is 1. The number of ether oxygens (including phenoxy) is 1. The Morgan fingerprint density at radius 1 is 1.24 bits per heavy atom. The van der Waals surface area contributed by atoms with Crippen LogP contribution in [-0.4, -0.2) is 26.5 Å². The van der Waals surface area contributed by atoms with Gasteiger partial charge in [-0.1, -0.05) is 6.07 Å². The number of anilines is 1. The molecule has 2 rings (SSSR count). The Hall–Kier alpha value is -1.93. The summed E-state index contributed by atoms with van der Waals surface area (Å²) in [6.07, 6.45) is 0. The second-order valence-corrected chi connectivity index (χ2v) is 7.19. The van der Waals surface area contributed by atoms with E-state index in [0.29, 0.717) is 5.69 Å². The third kappa shape index (κ3) is 3.40. The number of carbonyl (C=O) groups is 1. The summed E-state index contributed by atoms with van der Waals surface area (Å²) in [5.74, 6) is -0.781. The van der Waals surface area contributed by atoms with E-state index in [0.717, 1.165) is 22.5 Å². The Balaban J connectivity index is 2.39. The molecule has 0 atom stereocenters. The average Bonchev–Trinajstić information content (AvgIpc) is 2.85. The van der Waals surface area contributed by atoms with Crippen LogP contribution in [0.15, 0.2) is 27.9 Å². The summed E-state index contributed by atoms with van der Waals surface area (Å²) in [5, 5.41) is 0. The van der Waals surface area contributed by atoms with Crippen molar-refractivity contribution in [3.05, 3.63) is 40.5 Å². The van der Waals surface area contributed by atoms with Crippen LogP contribution in [-0.2, 0) is 14.8 Å². The minimum Gasteiger partial charge on any atom is -0.464 e. The summed E-state index contributed by atoms with van der Waals surface area (Å²) in [6.45, 7) is 3.74. The lowest BCUT2D eigenvalue weighted by atomic mass is 10.1. The van der Waals surface area contributed by atoms with Crippen LogP contribution in [0.4, 0.5) is 5.69 Å². The Kier molecular flexibility index (Phi) is 4.29. The van der Waals surface area contributed by atoms with E-state index in [9.17, 15) is 13.2 Å². The first-order valence-electron chi connectivity index (χ1n) is 5.96. The summed E-state index contributed by atoms with van der Waals surface area (Å²) >= 11 is 0.865. The Morgan fingerprint density at radius 2 is 1.86 bits per heavy atom. The van der Waals surface area contributed by atoms with Gasteiger partial charge in [-0.05, 0) is 37.1 Å². The van der Waals surface area contributed by atoms with E-state index in [4.69, 9.17) is 0 Å². The van der Waals surface area contributed by atoms with Crippen LogP contribution in [0.5, 0.6) is 0 Å². The van der Waals surface area contributed by atoms with Gasteiger partial charge in [0.25, 0.3) is 10.0 Å². The van der Waals surface area contributed by atoms with Crippen molar-refractivity contribution in [2.24, 2.45) is 0 Å². The molecule has 8 heteroatoms. The van der Waals surface area contributed by atoms with Gasteiger partial charge in [0.15, 0.2) is 9.90 Å². The van der Waals surface area contributed by atoms with E-state index in [-0.39, 0.29) is 9.90 Å². The van der Waals surface area contributed by atoms with Crippen molar-refractivity contribution in [2.75, 3.05) is 11.8 Å². The molecular formula is C13H14N2O4S2. The second kappa shape index (κ2) is 5.82. The van der Waals surface area contributed by atoms with Gasteiger partial charge in [-0.15, -0.1) is 11.3 Å². The van der Waals surface area contributed by atoms with Crippen LogP contribution < -0.4 is 4.72 Å². The fourth-order valence-electron chi connectivity index (χ4n) is 1.89. The van der Waals surface area contributed by atoms with E-state index in [1.165, 1.54) is 12.6 Å². The van der Waals surface area contributed by atoms with Gasteiger partial charge in [0.05, 0.1) is 12.6 Å². The van der Waals surface area contributed by atoms with Gasteiger partial charge in [0.2, 0.25) is 0 Å². The molecule has 1 heterocycles. The Labute approximate surface area is 126 Å². The molecule has 0 saturated carbocycles. The molecule has 1 aromatic carbocycles. The maximum absolute atomic E-state index is 12.4. The van der Waals surface area contributed by atoms with Gasteiger partial charge < -0.3 is 4.74 Å². The highest BCUT2D eigenvalue weighted by molar-refractivity contribution is 7.94. The minimum atomic E-state index is -3.88. The highest BCUT2D eigenvalue weighted by Gasteiger charge is 2.26. The molecule has 0 aliphatic heterocycles. The van der Waals surface area contributed by atoms with Crippen molar-refractivity contribution in [3.63, 3.8) is 0 Å². The molecular weight excluding hydrogens is 312 g/mol. The Bertz CT molecular complexity index is 761. The number of rotatable bonds is 4. The van der Waals surface area contributed by atoms with Crippen molar-refractivity contribution < 1.29 is 17.9 Å². The number of aryl methyl sites for hydroxylation is 2. The van der Waals surface area contributed by atoms with Crippen molar-refractivity contribution >= 4 is 33.0 Å². The third-order valence-electron chi connectivity index (χ3n) is 2.63. The standard InChI is InChI=1S/C13H14N2O4S2/c1-8-4-9(2)6-10(5-8)15-21(17,18)13-11(12(16)19-3)14-7-20-13/h4-7,15H,1-3H3. The second-order valence-electron chi connectivity index (χ2n) is 4.46. The van der Waals surface area contributed by atoms with Crippen molar-refractivity contribution in [1.29, 1.82) is 0 Å². The predicted octanol–water partition coefficient (Wildman–Crippen LogP) is 2.35. The molecule has 1 aromatic heterocycles.